The van der Waals surface area contributed by atoms with Crippen molar-refractivity contribution in [1.82, 2.24) is 4.90 Å². The van der Waals surface area contributed by atoms with E-state index in [1.807, 2.05) is 6.07 Å². The highest BCUT2D eigenvalue weighted by Gasteiger charge is 2.32. The van der Waals surface area contributed by atoms with Gasteiger partial charge in [-0.25, -0.2) is 8.78 Å². The lowest BCUT2D eigenvalue weighted by Gasteiger charge is -2.25. The van der Waals surface area contributed by atoms with Crippen LogP contribution in [0.3, 0.4) is 0 Å². The summed E-state index contributed by atoms with van der Waals surface area (Å²) < 4.78 is 25.3. The maximum Gasteiger partial charge on any atom is 0.257 e. The minimum atomic E-state index is -2.64. The summed E-state index contributed by atoms with van der Waals surface area (Å²) in [6, 6.07) is 2.09. The molecule has 1 saturated heterocycles. The van der Waals surface area contributed by atoms with Crippen LogP contribution in [-0.4, -0.2) is 30.0 Å². The number of nitrogens with zero attached hydrogens (tertiary/aromatic N) is 2. The molecule has 0 radical (unpaired) electrons. The zero-order valence-electron chi connectivity index (χ0n) is 7.76. The highest BCUT2D eigenvalue weighted by atomic mass is 19.3. The maximum atomic E-state index is 12.7. The van der Waals surface area contributed by atoms with Crippen LogP contribution in [0.1, 0.15) is 26.2 Å². The van der Waals surface area contributed by atoms with E-state index in [4.69, 9.17) is 5.26 Å². The number of hydrogen-bond acceptors (Lipinski definition) is 2. The van der Waals surface area contributed by atoms with E-state index in [0.29, 0.717) is 13.0 Å². The van der Waals surface area contributed by atoms with Gasteiger partial charge in [0.25, 0.3) is 5.92 Å². The highest BCUT2D eigenvalue weighted by molar-refractivity contribution is 4.88. The van der Waals surface area contributed by atoms with Gasteiger partial charge in [-0.05, 0) is 19.4 Å². The van der Waals surface area contributed by atoms with Crippen LogP contribution in [0.2, 0.25) is 0 Å². The van der Waals surface area contributed by atoms with Gasteiger partial charge in [0.1, 0.15) is 0 Å². The molecule has 0 aliphatic carbocycles. The normalized spacial score (nSPS) is 24.6. The van der Waals surface area contributed by atoms with Gasteiger partial charge in [0.2, 0.25) is 0 Å². The summed E-state index contributed by atoms with van der Waals surface area (Å²) in [6.45, 7) is 1.42. The molecular formula is C9H14F2N2. The van der Waals surface area contributed by atoms with Crippen molar-refractivity contribution in [3.05, 3.63) is 0 Å². The molecule has 74 valence electrons. The summed E-state index contributed by atoms with van der Waals surface area (Å²) in [4.78, 5) is 1.73. The molecule has 0 bridgehead atoms. The first-order chi connectivity index (χ1) is 6.03. The van der Waals surface area contributed by atoms with E-state index in [9.17, 15) is 8.78 Å². The van der Waals surface area contributed by atoms with Gasteiger partial charge >= 0.3 is 0 Å². The molecule has 0 saturated carbocycles. The summed E-state index contributed by atoms with van der Waals surface area (Å²) >= 11 is 0. The van der Waals surface area contributed by atoms with Crippen LogP contribution in [-0.2, 0) is 0 Å². The van der Waals surface area contributed by atoms with E-state index in [1.54, 1.807) is 4.90 Å². The topological polar surface area (TPSA) is 27.0 Å². The molecule has 13 heavy (non-hydrogen) atoms. The molecule has 0 aromatic heterocycles. The third kappa shape index (κ3) is 3.27. The number of rotatable bonds is 3. The number of nitriles is 1. The molecule has 0 spiro atoms. The molecule has 0 aromatic rings. The van der Waals surface area contributed by atoms with Gasteiger partial charge in [0.05, 0.1) is 19.0 Å². The predicted molar refractivity (Wildman–Crippen MR) is 45.4 cm³/mol. The number of halogens is 2. The van der Waals surface area contributed by atoms with Gasteiger partial charge in [-0.15, -0.1) is 0 Å². The van der Waals surface area contributed by atoms with Crippen molar-refractivity contribution >= 4 is 0 Å². The lowest BCUT2D eigenvalue weighted by Crippen LogP contribution is -2.38. The van der Waals surface area contributed by atoms with Crippen molar-refractivity contribution in [3.8, 4) is 6.07 Å². The molecule has 2 nitrogen and oxygen atoms in total. The van der Waals surface area contributed by atoms with E-state index < -0.39 is 5.92 Å². The predicted octanol–water partition coefficient (Wildman–Crippen LogP) is 2.02. The van der Waals surface area contributed by atoms with Crippen LogP contribution in [0.25, 0.3) is 0 Å². The molecule has 0 amide bonds. The average molecular weight is 188 g/mol. The zero-order valence-corrected chi connectivity index (χ0v) is 7.76. The SMILES string of the molecule is CC(F)(F)CN1CCCC1CC#N. The van der Waals surface area contributed by atoms with Crippen molar-refractivity contribution in [2.24, 2.45) is 0 Å². The summed E-state index contributed by atoms with van der Waals surface area (Å²) in [5.74, 6) is -2.64. The number of likely N-dealkylation sites (tertiary alicyclic amines) is 1. The van der Waals surface area contributed by atoms with Crippen LogP contribution in [0.5, 0.6) is 0 Å². The Morgan fingerprint density at radius 1 is 1.62 bits per heavy atom. The molecule has 1 aliphatic rings. The third-order valence-electron chi connectivity index (χ3n) is 2.31. The Bertz CT molecular complexity index is 205. The first kappa shape index (κ1) is 10.4. The molecule has 1 rings (SSSR count). The van der Waals surface area contributed by atoms with Crippen LogP contribution >= 0.6 is 0 Å². The van der Waals surface area contributed by atoms with Gasteiger partial charge in [0, 0.05) is 13.0 Å². The Kier molecular flexibility index (Phi) is 3.21. The summed E-state index contributed by atoms with van der Waals surface area (Å²) in [5.41, 5.74) is 0. The van der Waals surface area contributed by atoms with Crippen LogP contribution < -0.4 is 0 Å². The molecule has 1 fully saturated rings. The molecule has 1 heterocycles. The number of alkyl halides is 2. The molecule has 1 aliphatic heterocycles. The van der Waals surface area contributed by atoms with E-state index in [0.717, 1.165) is 19.8 Å². The average Bonchev–Trinajstić information content (AvgIpc) is 2.34. The van der Waals surface area contributed by atoms with Crippen molar-refractivity contribution in [2.45, 2.75) is 38.2 Å². The quantitative estimate of drug-likeness (QED) is 0.677. The van der Waals surface area contributed by atoms with Crippen molar-refractivity contribution in [1.29, 1.82) is 5.26 Å². The maximum absolute atomic E-state index is 12.7. The Labute approximate surface area is 77.1 Å². The fraction of sp³-hybridized carbons (Fsp3) is 0.889. The molecular weight excluding hydrogens is 174 g/mol. The van der Waals surface area contributed by atoms with Gasteiger partial charge in [-0.3, -0.25) is 4.90 Å². The second-order valence-electron chi connectivity index (χ2n) is 3.70. The summed E-state index contributed by atoms with van der Waals surface area (Å²) in [7, 11) is 0. The molecule has 0 N–H and O–H groups in total. The largest absolute Gasteiger partial charge is 0.293 e. The van der Waals surface area contributed by atoms with Gasteiger partial charge in [0.15, 0.2) is 0 Å². The van der Waals surface area contributed by atoms with Gasteiger partial charge < -0.3 is 0 Å². The lowest BCUT2D eigenvalue weighted by atomic mass is 10.1. The Hall–Kier alpha value is -0.690. The Morgan fingerprint density at radius 2 is 2.31 bits per heavy atom. The van der Waals surface area contributed by atoms with Crippen molar-refractivity contribution < 1.29 is 8.78 Å². The van der Waals surface area contributed by atoms with E-state index >= 15 is 0 Å². The van der Waals surface area contributed by atoms with E-state index in [2.05, 4.69) is 0 Å². The number of hydrogen-bond donors (Lipinski definition) is 0. The summed E-state index contributed by atoms with van der Waals surface area (Å²) in [6.07, 6.45) is 2.18. The second-order valence-corrected chi connectivity index (χ2v) is 3.70. The smallest absolute Gasteiger partial charge is 0.257 e. The Balaban J connectivity index is 2.45. The zero-order chi connectivity index (χ0) is 9.90. The van der Waals surface area contributed by atoms with E-state index in [-0.39, 0.29) is 12.6 Å². The molecule has 0 aromatic carbocycles. The molecule has 4 heteroatoms. The molecule has 1 unspecified atom stereocenters. The van der Waals surface area contributed by atoms with Gasteiger partial charge in [-0.2, -0.15) is 5.26 Å². The second kappa shape index (κ2) is 4.01. The van der Waals surface area contributed by atoms with Crippen LogP contribution in [0.4, 0.5) is 8.78 Å². The lowest BCUT2D eigenvalue weighted by molar-refractivity contribution is -0.0173. The highest BCUT2D eigenvalue weighted by Crippen LogP contribution is 2.24. The fourth-order valence-corrected chi connectivity index (χ4v) is 1.80. The van der Waals surface area contributed by atoms with Crippen LogP contribution in [0, 0.1) is 11.3 Å². The summed E-state index contributed by atoms with van der Waals surface area (Å²) in [5, 5.41) is 8.48. The van der Waals surface area contributed by atoms with E-state index in [1.165, 1.54) is 0 Å². The first-order valence-corrected chi connectivity index (χ1v) is 4.52. The van der Waals surface area contributed by atoms with Crippen molar-refractivity contribution in [2.75, 3.05) is 13.1 Å². The minimum absolute atomic E-state index is 0.0517. The van der Waals surface area contributed by atoms with Gasteiger partial charge in [-0.1, -0.05) is 0 Å². The third-order valence-corrected chi connectivity index (χ3v) is 2.31. The van der Waals surface area contributed by atoms with Crippen molar-refractivity contribution in [3.63, 3.8) is 0 Å². The first-order valence-electron chi connectivity index (χ1n) is 4.52. The minimum Gasteiger partial charge on any atom is -0.293 e. The fourth-order valence-electron chi connectivity index (χ4n) is 1.80. The Morgan fingerprint density at radius 3 is 2.85 bits per heavy atom. The standard InChI is InChI=1S/C9H14F2N2/c1-9(10,11)7-13-6-2-3-8(13)4-5-12/h8H,2-4,6-7H2,1H3. The monoisotopic (exact) mass is 188 g/mol. The molecule has 1 atom stereocenters. The van der Waals surface area contributed by atoms with Crippen LogP contribution in [0.15, 0.2) is 0 Å².